The van der Waals surface area contributed by atoms with Crippen LogP contribution in [0, 0.1) is 5.92 Å². The molecule has 3 N–H and O–H groups in total. The second-order valence-corrected chi connectivity index (χ2v) is 5.27. The van der Waals surface area contributed by atoms with Crippen LogP contribution in [0.25, 0.3) is 0 Å². The van der Waals surface area contributed by atoms with Crippen molar-refractivity contribution in [1.29, 1.82) is 0 Å². The predicted octanol–water partition coefficient (Wildman–Crippen LogP) is 1.83. The molecule has 0 aliphatic carbocycles. The molecule has 1 aliphatic heterocycles. The number of carbonyl (C=O) groups excluding carboxylic acids is 2. The number of rotatable bonds is 4. The number of Topliss-reactive ketones (excluding diaryl/α,β-unsaturated/α-hetero) is 1. The second kappa shape index (κ2) is 5.80. The fourth-order valence-corrected chi connectivity index (χ4v) is 2.67. The first-order chi connectivity index (χ1) is 10.6. The normalized spacial score (nSPS) is 28.2. The highest BCUT2D eigenvalue weighted by Gasteiger charge is 2.68. The summed E-state index contributed by atoms with van der Waals surface area (Å²) in [5, 5.41) is 13.8. The summed E-state index contributed by atoms with van der Waals surface area (Å²) < 4.78 is 53.3. The molecule has 0 saturated carbocycles. The first-order valence-corrected chi connectivity index (χ1v) is 6.63. The zero-order valence-electron chi connectivity index (χ0n) is 11.9. The molecule has 0 aromatic heterocycles. The van der Waals surface area contributed by atoms with Gasteiger partial charge in [0.2, 0.25) is 5.72 Å². The van der Waals surface area contributed by atoms with Crippen molar-refractivity contribution in [3.8, 4) is 0 Å². The molecule has 0 radical (unpaired) electrons. The van der Waals surface area contributed by atoms with Crippen LogP contribution in [0.4, 0.5) is 22.4 Å². The number of nitrogens with one attached hydrogen (secondary N) is 2. The third-order valence-corrected chi connectivity index (χ3v) is 3.75. The van der Waals surface area contributed by atoms with Gasteiger partial charge in [0.15, 0.2) is 0 Å². The third-order valence-electron chi connectivity index (χ3n) is 3.75. The fraction of sp³-hybridized carbons (Fsp3) is 0.429. The van der Waals surface area contributed by atoms with Crippen LogP contribution in [0.1, 0.15) is 18.5 Å². The minimum atomic E-state index is -5.02. The summed E-state index contributed by atoms with van der Waals surface area (Å²) in [6.45, 7) is 0.881. The van der Waals surface area contributed by atoms with Crippen LogP contribution < -0.4 is 10.6 Å². The third kappa shape index (κ3) is 2.76. The number of amides is 2. The van der Waals surface area contributed by atoms with Crippen LogP contribution in [0.3, 0.4) is 0 Å². The molecular weight excluding hydrogens is 320 g/mol. The summed E-state index contributed by atoms with van der Waals surface area (Å²) in [7, 11) is 0. The van der Waals surface area contributed by atoms with Crippen LogP contribution in [-0.4, -0.2) is 35.0 Å². The molecule has 2 amide bonds. The monoisotopic (exact) mass is 334 g/mol. The zero-order chi connectivity index (χ0) is 17.4. The Kier molecular flexibility index (Phi) is 4.34. The largest absolute Gasteiger partial charge is 0.365 e. The van der Waals surface area contributed by atoms with Gasteiger partial charge in [-0.3, -0.25) is 4.79 Å². The van der Waals surface area contributed by atoms with Crippen LogP contribution in [-0.2, 0) is 4.79 Å². The number of benzene rings is 1. The Morgan fingerprint density at radius 3 is 2.35 bits per heavy atom. The van der Waals surface area contributed by atoms with E-state index >= 15 is 0 Å². The highest BCUT2D eigenvalue weighted by atomic mass is 19.3. The van der Waals surface area contributed by atoms with E-state index in [0.717, 1.165) is 6.92 Å². The Hall–Kier alpha value is -2.16. The summed E-state index contributed by atoms with van der Waals surface area (Å²) in [6.07, 6.45) is -4.27. The van der Waals surface area contributed by atoms with Crippen molar-refractivity contribution < 1.29 is 32.3 Å². The fourth-order valence-electron chi connectivity index (χ4n) is 2.67. The molecule has 1 saturated heterocycles. The molecule has 9 heteroatoms. The summed E-state index contributed by atoms with van der Waals surface area (Å²) in [6, 6.07) is 4.84. The summed E-state index contributed by atoms with van der Waals surface area (Å²) in [5.74, 6) is -8.01. The van der Waals surface area contributed by atoms with E-state index in [4.69, 9.17) is 0 Å². The molecule has 1 heterocycles. The lowest BCUT2D eigenvalue weighted by Crippen LogP contribution is -2.75. The predicted molar refractivity (Wildman–Crippen MR) is 70.9 cm³/mol. The first kappa shape index (κ1) is 17.2. The van der Waals surface area contributed by atoms with E-state index in [2.05, 4.69) is 5.32 Å². The van der Waals surface area contributed by atoms with Crippen LogP contribution in [0.15, 0.2) is 30.3 Å². The average Bonchev–Trinajstić information content (AvgIpc) is 2.46. The van der Waals surface area contributed by atoms with Gasteiger partial charge in [0.05, 0.1) is 12.0 Å². The molecule has 2 rings (SSSR count). The second-order valence-electron chi connectivity index (χ2n) is 5.27. The SMILES string of the molecule is CC(=O)[C@@H]1[C@@H](c2ccccc2)NC(=O)N[C@]1(O)C(F)(F)C(F)F. The number of urea groups is 1. The average molecular weight is 334 g/mol. The maximum absolute atomic E-state index is 13.9. The maximum Gasteiger partial charge on any atom is 0.354 e. The van der Waals surface area contributed by atoms with Crippen molar-refractivity contribution in [1.82, 2.24) is 10.6 Å². The number of hydrogen-bond acceptors (Lipinski definition) is 3. The molecule has 5 nitrogen and oxygen atoms in total. The summed E-state index contributed by atoms with van der Waals surface area (Å²) >= 11 is 0. The number of carbonyl (C=O) groups is 2. The number of hydrogen-bond donors (Lipinski definition) is 3. The lowest BCUT2D eigenvalue weighted by molar-refractivity contribution is -0.272. The molecule has 23 heavy (non-hydrogen) atoms. The smallest absolute Gasteiger partial charge is 0.354 e. The minimum absolute atomic E-state index is 0.228. The van der Waals surface area contributed by atoms with Crippen LogP contribution in [0.5, 0.6) is 0 Å². The van der Waals surface area contributed by atoms with E-state index < -0.39 is 41.8 Å². The molecule has 1 fully saturated rings. The quantitative estimate of drug-likeness (QED) is 0.735. The lowest BCUT2D eigenvalue weighted by Gasteiger charge is -2.47. The summed E-state index contributed by atoms with van der Waals surface area (Å²) in [4.78, 5) is 23.5. The molecule has 0 spiro atoms. The van der Waals surface area contributed by atoms with Gasteiger partial charge in [-0.15, -0.1) is 0 Å². The maximum atomic E-state index is 13.9. The Morgan fingerprint density at radius 1 is 1.30 bits per heavy atom. The van der Waals surface area contributed by atoms with E-state index in [-0.39, 0.29) is 5.56 Å². The Labute approximate surface area is 128 Å². The van der Waals surface area contributed by atoms with Gasteiger partial charge in [0, 0.05) is 0 Å². The first-order valence-electron chi connectivity index (χ1n) is 6.63. The van der Waals surface area contributed by atoms with Gasteiger partial charge in [0.1, 0.15) is 5.78 Å². The number of aliphatic hydroxyl groups is 1. The van der Waals surface area contributed by atoms with Gasteiger partial charge in [-0.05, 0) is 12.5 Å². The van der Waals surface area contributed by atoms with Gasteiger partial charge >= 0.3 is 18.4 Å². The molecule has 1 aromatic carbocycles. The van der Waals surface area contributed by atoms with Crippen molar-refractivity contribution in [2.24, 2.45) is 5.92 Å². The van der Waals surface area contributed by atoms with E-state index in [1.165, 1.54) is 29.6 Å². The van der Waals surface area contributed by atoms with Crippen LogP contribution in [0.2, 0.25) is 0 Å². The topological polar surface area (TPSA) is 78.4 Å². The Balaban J connectivity index is 2.58. The van der Waals surface area contributed by atoms with Gasteiger partial charge in [-0.25, -0.2) is 13.6 Å². The molecule has 1 aromatic rings. The van der Waals surface area contributed by atoms with Gasteiger partial charge < -0.3 is 15.7 Å². The standard InChI is InChI=1S/C14H14F4N2O3/c1-7(21)9-10(8-5-3-2-4-6-8)19-12(22)20-14(9,23)13(17,18)11(15)16/h2-6,9-11,23H,1H3,(H2,19,20,22)/t9-,10-,14-/m1/s1. The number of halogens is 4. The van der Waals surface area contributed by atoms with Crippen molar-refractivity contribution in [2.75, 3.05) is 0 Å². The molecule has 3 atom stereocenters. The van der Waals surface area contributed by atoms with E-state index in [1.54, 1.807) is 6.07 Å². The Morgan fingerprint density at radius 2 is 1.87 bits per heavy atom. The Bertz CT molecular complexity index is 611. The number of alkyl halides is 4. The van der Waals surface area contributed by atoms with Crippen molar-refractivity contribution in [3.05, 3.63) is 35.9 Å². The van der Waals surface area contributed by atoms with E-state index in [9.17, 15) is 32.3 Å². The highest BCUT2D eigenvalue weighted by molar-refractivity contribution is 5.86. The molecule has 1 aliphatic rings. The van der Waals surface area contributed by atoms with E-state index in [1.807, 2.05) is 0 Å². The lowest BCUT2D eigenvalue weighted by atomic mass is 9.77. The molecule has 126 valence electrons. The molecule has 0 bridgehead atoms. The van der Waals surface area contributed by atoms with Gasteiger partial charge in [0.25, 0.3) is 0 Å². The van der Waals surface area contributed by atoms with Crippen molar-refractivity contribution in [2.45, 2.75) is 31.0 Å². The zero-order valence-corrected chi connectivity index (χ0v) is 11.9. The molecular formula is C14H14F4N2O3. The minimum Gasteiger partial charge on any atom is -0.365 e. The number of ketones is 1. The van der Waals surface area contributed by atoms with Crippen LogP contribution >= 0.6 is 0 Å². The van der Waals surface area contributed by atoms with E-state index in [0.29, 0.717) is 0 Å². The highest BCUT2D eigenvalue weighted by Crippen LogP contribution is 2.44. The summed E-state index contributed by atoms with van der Waals surface area (Å²) in [5.41, 5.74) is -3.48. The van der Waals surface area contributed by atoms with Crippen molar-refractivity contribution in [3.63, 3.8) is 0 Å². The molecule has 0 unspecified atom stereocenters. The van der Waals surface area contributed by atoms with Gasteiger partial charge in [-0.2, -0.15) is 8.78 Å². The van der Waals surface area contributed by atoms with Crippen molar-refractivity contribution >= 4 is 11.8 Å². The van der Waals surface area contributed by atoms with Gasteiger partial charge in [-0.1, -0.05) is 30.3 Å².